The SMILES string of the molecule is COC1CC(C(=O)O)N(C(=O)C(C)Oc2cc(C)ccc2C(C)C)C1. The molecule has 1 fully saturated rings. The molecule has 1 heterocycles. The minimum atomic E-state index is -1.02. The standard InChI is InChI=1S/C19H27NO5/c1-11(2)15-7-6-12(3)8-17(15)25-13(4)18(21)20-10-14(24-5)9-16(20)19(22)23/h6-8,11,13-14,16H,9-10H2,1-5H3,(H,22,23). The second-order valence-electron chi connectivity index (χ2n) is 6.89. The first kappa shape index (κ1) is 19.2. The van der Waals surface area contributed by atoms with Crippen molar-refractivity contribution in [1.29, 1.82) is 0 Å². The summed E-state index contributed by atoms with van der Waals surface area (Å²) in [5.74, 6) is -0.416. The first-order valence-corrected chi connectivity index (χ1v) is 8.57. The molecule has 0 radical (unpaired) electrons. The molecule has 6 nitrogen and oxygen atoms in total. The van der Waals surface area contributed by atoms with Crippen LogP contribution in [-0.2, 0) is 14.3 Å². The van der Waals surface area contributed by atoms with E-state index in [0.29, 0.717) is 12.2 Å². The Bertz CT molecular complexity index is 643. The number of carbonyl (C=O) groups excluding carboxylic acids is 1. The number of ether oxygens (including phenoxy) is 2. The fourth-order valence-corrected chi connectivity index (χ4v) is 3.14. The van der Waals surface area contributed by atoms with E-state index in [0.717, 1.165) is 11.1 Å². The number of amides is 1. The first-order chi connectivity index (χ1) is 11.7. The molecule has 0 spiro atoms. The second-order valence-corrected chi connectivity index (χ2v) is 6.89. The Morgan fingerprint density at radius 1 is 1.28 bits per heavy atom. The molecule has 2 rings (SSSR count). The largest absolute Gasteiger partial charge is 0.481 e. The normalized spacial score (nSPS) is 21.4. The Kier molecular flexibility index (Phi) is 6.06. The summed E-state index contributed by atoms with van der Waals surface area (Å²) in [6.45, 7) is 8.02. The molecule has 138 valence electrons. The number of carbonyl (C=O) groups is 2. The first-order valence-electron chi connectivity index (χ1n) is 8.57. The van der Waals surface area contributed by atoms with Crippen LogP contribution in [0.5, 0.6) is 5.75 Å². The summed E-state index contributed by atoms with van der Waals surface area (Å²) in [7, 11) is 1.53. The smallest absolute Gasteiger partial charge is 0.326 e. The van der Waals surface area contributed by atoms with E-state index in [9.17, 15) is 14.7 Å². The summed E-state index contributed by atoms with van der Waals surface area (Å²) in [6, 6.07) is 5.06. The zero-order chi connectivity index (χ0) is 18.7. The molecule has 25 heavy (non-hydrogen) atoms. The predicted octanol–water partition coefficient (Wildman–Crippen LogP) is 2.59. The number of benzene rings is 1. The zero-order valence-corrected chi connectivity index (χ0v) is 15.5. The van der Waals surface area contributed by atoms with Crippen molar-refractivity contribution in [3.05, 3.63) is 29.3 Å². The van der Waals surface area contributed by atoms with Crippen LogP contribution in [0.4, 0.5) is 0 Å². The molecular formula is C19H27NO5. The third kappa shape index (κ3) is 4.31. The van der Waals surface area contributed by atoms with Gasteiger partial charge in [-0.1, -0.05) is 26.0 Å². The lowest BCUT2D eigenvalue weighted by molar-refractivity contribution is -0.150. The van der Waals surface area contributed by atoms with Crippen molar-refractivity contribution in [3.63, 3.8) is 0 Å². The lowest BCUT2D eigenvalue weighted by atomic mass is 10.0. The van der Waals surface area contributed by atoms with Crippen molar-refractivity contribution in [2.75, 3.05) is 13.7 Å². The Morgan fingerprint density at radius 3 is 2.52 bits per heavy atom. The van der Waals surface area contributed by atoms with E-state index in [-0.39, 0.29) is 24.5 Å². The average Bonchev–Trinajstić information content (AvgIpc) is 2.98. The summed E-state index contributed by atoms with van der Waals surface area (Å²) >= 11 is 0. The number of likely N-dealkylation sites (tertiary alicyclic amines) is 1. The summed E-state index contributed by atoms with van der Waals surface area (Å²) in [4.78, 5) is 25.6. The topological polar surface area (TPSA) is 76.1 Å². The molecule has 1 saturated heterocycles. The van der Waals surface area contributed by atoms with E-state index < -0.39 is 18.1 Å². The van der Waals surface area contributed by atoms with E-state index in [1.165, 1.54) is 12.0 Å². The molecule has 1 amide bonds. The van der Waals surface area contributed by atoms with E-state index in [1.807, 2.05) is 25.1 Å². The van der Waals surface area contributed by atoms with Gasteiger partial charge in [0.2, 0.25) is 0 Å². The molecule has 1 N–H and O–H groups in total. The van der Waals surface area contributed by atoms with Crippen LogP contribution in [0.15, 0.2) is 18.2 Å². The van der Waals surface area contributed by atoms with Gasteiger partial charge < -0.3 is 19.5 Å². The van der Waals surface area contributed by atoms with Crippen molar-refractivity contribution in [3.8, 4) is 5.75 Å². The number of aryl methyl sites for hydroxylation is 1. The van der Waals surface area contributed by atoms with Crippen LogP contribution in [0.25, 0.3) is 0 Å². The highest BCUT2D eigenvalue weighted by molar-refractivity contribution is 5.87. The van der Waals surface area contributed by atoms with Crippen LogP contribution in [0.3, 0.4) is 0 Å². The second kappa shape index (κ2) is 7.87. The van der Waals surface area contributed by atoms with Gasteiger partial charge >= 0.3 is 5.97 Å². The van der Waals surface area contributed by atoms with Crippen LogP contribution in [-0.4, -0.2) is 53.8 Å². The molecule has 1 aromatic carbocycles. The van der Waals surface area contributed by atoms with Gasteiger partial charge in [-0.15, -0.1) is 0 Å². The average molecular weight is 349 g/mol. The minimum absolute atomic E-state index is 0.259. The van der Waals surface area contributed by atoms with Crippen molar-refractivity contribution in [2.45, 2.75) is 58.3 Å². The van der Waals surface area contributed by atoms with Crippen LogP contribution < -0.4 is 4.74 Å². The van der Waals surface area contributed by atoms with Crippen molar-refractivity contribution >= 4 is 11.9 Å². The highest BCUT2D eigenvalue weighted by Crippen LogP contribution is 2.29. The lowest BCUT2D eigenvalue weighted by Crippen LogP contribution is -2.46. The maximum absolute atomic E-state index is 12.8. The van der Waals surface area contributed by atoms with Gasteiger partial charge in [0, 0.05) is 20.1 Å². The van der Waals surface area contributed by atoms with Crippen LogP contribution in [0, 0.1) is 6.92 Å². The Morgan fingerprint density at radius 2 is 1.96 bits per heavy atom. The maximum atomic E-state index is 12.8. The number of methoxy groups -OCH3 is 1. The Labute approximate surface area is 148 Å². The van der Waals surface area contributed by atoms with Crippen molar-refractivity contribution < 1.29 is 24.2 Å². The fourth-order valence-electron chi connectivity index (χ4n) is 3.14. The predicted molar refractivity (Wildman–Crippen MR) is 93.9 cm³/mol. The molecule has 6 heteroatoms. The molecule has 0 bridgehead atoms. The highest BCUT2D eigenvalue weighted by atomic mass is 16.5. The van der Waals surface area contributed by atoms with Gasteiger partial charge in [0.15, 0.2) is 6.10 Å². The molecule has 1 aliphatic heterocycles. The molecular weight excluding hydrogens is 322 g/mol. The number of rotatable bonds is 6. The van der Waals surface area contributed by atoms with E-state index in [4.69, 9.17) is 9.47 Å². The molecule has 0 aliphatic carbocycles. The number of carboxylic acid groups (broad SMARTS) is 1. The van der Waals surface area contributed by atoms with Gasteiger partial charge in [-0.25, -0.2) is 4.79 Å². The van der Waals surface area contributed by atoms with Crippen LogP contribution in [0.1, 0.15) is 44.2 Å². The zero-order valence-electron chi connectivity index (χ0n) is 15.5. The van der Waals surface area contributed by atoms with Gasteiger partial charge in [0.1, 0.15) is 11.8 Å². The van der Waals surface area contributed by atoms with E-state index in [1.54, 1.807) is 6.92 Å². The van der Waals surface area contributed by atoms with Crippen molar-refractivity contribution in [2.24, 2.45) is 0 Å². The summed E-state index contributed by atoms with van der Waals surface area (Å²) in [6.07, 6.45) is -0.731. The third-order valence-electron chi connectivity index (χ3n) is 4.61. The number of hydrogen-bond acceptors (Lipinski definition) is 4. The summed E-state index contributed by atoms with van der Waals surface area (Å²) in [5, 5.41) is 9.38. The van der Waals surface area contributed by atoms with Gasteiger partial charge in [-0.3, -0.25) is 4.79 Å². The quantitative estimate of drug-likeness (QED) is 0.854. The van der Waals surface area contributed by atoms with Crippen LogP contribution >= 0.6 is 0 Å². The number of nitrogens with zero attached hydrogens (tertiary/aromatic N) is 1. The van der Waals surface area contributed by atoms with E-state index >= 15 is 0 Å². The number of carboxylic acids is 1. The Hall–Kier alpha value is -2.08. The molecule has 3 unspecified atom stereocenters. The number of aliphatic carboxylic acids is 1. The highest BCUT2D eigenvalue weighted by Gasteiger charge is 2.41. The summed E-state index contributed by atoms with van der Waals surface area (Å²) < 4.78 is 11.2. The lowest BCUT2D eigenvalue weighted by Gasteiger charge is -2.26. The molecule has 3 atom stereocenters. The monoisotopic (exact) mass is 349 g/mol. The molecule has 1 aliphatic rings. The Balaban J connectivity index is 2.18. The van der Waals surface area contributed by atoms with Gasteiger partial charge in [0.25, 0.3) is 5.91 Å². The fraction of sp³-hybridized carbons (Fsp3) is 0.579. The molecule has 0 aromatic heterocycles. The molecule has 0 saturated carbocycles. The summed E-state index contributed by atoms with van der Waals surface area (Å²) in [5.41, 5.74) is 2.07. The van der Waals surface area contributed by atoms with Crippen LogP contribution in [0.2, 0.25) is 0 Å². The van der Waals surface area contributed by atoms with Gasteiger partial charge in [0.05, 0.1) is 6.10 Å². The van der Waals surface area contributed by atoms with Crippen molar-refractivity contribution in [1.82, 2.24) is 4.90 Å². The number of hydrogen-bond donors (Lipinski definition) is 1. The minimum Gasteiger partial charge on any atom is -0.481 e. The van der Waals surface area contributed by atoms with Gasteiger partial charge in [-0.05, 0) is 37.0 Å². The maximum Gasteiger partial charge on any atom is 0.326 e. The molecule has 1 aromatic rings. The van der Waals surface area contributed by atoms with E-state index in [2.05, 4.69) is 13.8 Å². The third-order valence-corrected chi connectivity index (χ3v) is 4.61. The van der Waals surface area contributed by atoms with Gasteiger partial charge in [-0.2, -0.15) is 0 Å².